The van der Waals surface area contributed by atoms with E-state index < -0.39 is 0 Å². The number of hydrogen-bond acceptors (Lipinski definition) is 5. The van der Waals surface area contributed by atoms with Gasteiger partial charge in [-0.05, 0) is 36.1 Å². The second kappa shape index (κ2) is 6.10. The molecule has 6 nitrogen and oxygen atoms in total. The van der Waals surface area contributed by atoms with Crippen molar-refractivity contribution in [2.24, 2.45) is 0 Å². The van der Waals surface area contributed by atoms with Crippen LogP contribution in [0, 0.1) is 0 Å². The van der Waals surface area contributed by atoms with Crippen LogP contribution in [0.5, 0.6) is 0 Å². The van der Waals surface area contributed by atoms with E-state index in [1.807, 2.05) is 17.0 Å². The molecule has 1 aliphatic heterocycles. The Morgan fingerprint density at radius 3 is 3.08 bits per heavy atom. The number of furan rings is 1. The van der Waals surface area contributed by atoms with Gasteiger partial charge < -0.3 is 13.9 Å². The summed E-state index contributed by atoms with van der Waals surface area (Å²) in [6.07, 6.45) is 5.70. The molecule has 0 N–H and O–H groups in total. The maximum absolute atomic E-state index is 12.6. The third-order valence-corrected chi connectivity index (χ3v) is 5.50. The van der Waals surface area contributed by atoms with Crippen LogP contribution in [0.2, 0.25) is 0 Å². The van der Waals surface area contributed by atoms with E-state index in [1.165, 1.54) is 12.5 Å². The summed E-state index contributed by atoms with van der Waals surface area (Å²) >= 11 is 1.65. The van der Waals surface area contributed by atoms with Gasteiger partial charge in [-0.3, -0.25) is 4.79 Å². The Bertz CT molecular complexity index is 1050. The van der Waals surface area contributed by atoms with E-state index >= 15 is 0 Å². The van der Waals surface area contributed by atoms with Crippen molar-refractivity contribution in [2.75, 3.05) is 13.1 Å². The van der Waals surface area contributed by atoms with Crippen molar-refractivity contribution in [3.8, 4) is 11.4 Å². The molecule has 4 aromatic heterocycles. The van der Waals surface area contributed by atoms with Crippen molar-refractivity contribution in [3.05, 3.63) is 59.3 Å². The summed E-state index contributed by atoms with van der Waals surface area (Å²) in [5.74, 6) is 0.929. The monoisotopic (exact) mass is 364 g/mol. The lowest BCUT2D eigenvalue weighted by Crippen LogP contribution is -2.28. The fourth-order valence-electron chi connectivity index (χ4n) is 3.58. The lowest BCUT2D eigenvalue weighted by atomic mass is 10.2. The average Bonchev–Trinajstić information content (AvgIpc) is 3.47. The Kier molecular flexibility index (Phi) is 3.60. The Morgan fingerprint density at radius 1 is 1.31 bits per heavy atom. The molecule has 26 heavy (non-hydrogen) atoms. The fraction of sp³-hybridized carbons (Fsp3) is 0.211. The van der Waals surface area contributed by atoms with Gasteiger partial charge in [0.1, 0.15) is 17.6 Å². The smallest absolute Gasteiger partial charge is 0.257 e. The summed E-state index contributed by atoms with van der Waals surface area (Å²) in [5.41, 5.74) is 3.44. The molecule has 4 aromatic rings. The first kappa shape index (κ1) is 15.3. The van der Waals surface area contributed by atoms with Crippen molar-refractivity contribution in [3.63, 3.8) is 0 Å². The summed E-state index contributed by atoms with van der Waals surface area (Å²) in [6.45, 7) is 1.35. The topological polar surface area (TPSA) is 64.2 Å². The number of carbonyl (C=O) groups is 1. The van der Waals surface area contributed by atoms with Gasteiger partial charge in [-0.15, -0.1) is 0 Å². The summed E-state index contributed by atoms with van der Waals surface area (Å²) in [7, 11) is 0. The fourth-order valence-corrected chi connectivity index (χ4v) is 4.21. The number of aromatic nitrogens is 3. The molecule has 1 amide bonds. The number of amides is 1. The van der Waals surface area contributed by atoms with Crippen LogP contribution in [0.3, 0.4) is 0 Å². The van der Waals surface area contributed by atoms with Crippen LogP contribution in [0.15, 0.2) is 58.2 Å². The number of nitrogens with zero attached hydrogens (tertiary/aromatic N) is 4. The zero-order valence-electron chi connectivity index (χ0n) is 13.9. The van der Waals surface area contributed by atoms with Crippen LogP contribution in [0.1, 0.15) is 22.8 Å². The second-order valence-electron chi connectivity index (χ2n) is 6.37. The van der Waals surface area contributed by atoms with Gasteiger partial charge in [0.25, 0.3) is 5.91 Å². The van der Waals surface area contributed by atoms with E-state index in [0.29, 0.717) is 18.7 Å². The van der Waals surface area contributed by atoms with Crippen LogP contribution in [0.25, 0.3) is 22.6 Å². The highest BCUT2D eigenvalue weighted by Crippen LogP contribution is 2.33. The van der Waals surface area contributed by atoms with Gasteiger partial charge in [0.05, 0.1) is 17.9 Å². The minimum atomic E-state index is 0.00992. The first-order valence-corrected chi connectivity index (χ1v) is 9.42. The van der Waals surface area contributed by atoms with E-state index in [1.54, 1.807) is 23.6 Å². The molecule has 1 saturated heterocycles. The number of pyridine rings is 1. The highest BCUT2D eigenvalue weighted by molar-refractivity contribution is 7.08. The van der Waals surface area contributed by atoms with E-state index in [2.05, 4.69) is 26.4 Å². The molecule has 0 radical (unpaired) electrons. The molecule has 0 aliphatic carbocycles. The molecule has 5 rings (SSSR count). The first-order valence-electron chi connectivity index (χ1n) is 8.48. The standard InChI is InChI=1S/C19H16N4O2S/c24-19(13-4-8-25-11-13)22-7-3-15(10-22)23-17(14-5-9-26-12-14)21-16-2-1-6-20-18(16)23/h1-2,4-6,8-9,11-12,15H,3,7,10H2/t15-/m0/s1. The average molecular weight is 364 g/mol. The van der Waals surface area contributed by atoms with Crippen LogP contribution in [-0.2, 0) is 0 Å². The largest absolute Gasteiger partial charge is 0.472 e. The lowest BCUT2D eigenvalue weighted by molar-refractivity contribution is 0.0787. The number of likely N-dealkylation sites (tertiary alicyclic amines) is 1. The molecule has 0 aromatic carbocycles. The summed E-state index contributed by atoms with van der Waals surface area (Å²) in [6, 6.07) is 7.82. The van der Waals surface area contributed by atoms with Gasteiger partial charge in [0, 0.05) is 30.2 Å². The third-order valence-electron chi connectivity index (χ3n) is 4.81. The maximum atomic E-state index is 12.6. The molecular weight excluding hydrogens is 348 g/mol. The first-order chi connectivity index (χ1) is 12.8. The van der Waals surface area contributed by atoms with E-state index in [0.717, 1.165) is 29.0 Å². The van der Waals surface area contributed by atoms with Crippen molar-refractivity contribution in [1.82, 2.24) is 19.4 Å². The van der Waals surface area contributed by atoms with Gasteiger partial charge in [-0.25, -0.2) is 9.97 Å². The predicted molar refractivity (Wildman–Crippen MR) is 99.1 cm³/mol. The van der Waals surface area contributed by atoms with Gasteiger partial charge in [-0.1, -0.05) is 0 Å². The molecule has 0 unspecified atom stereocenters. The maximum Gasteiger partial charge on any atom is 0.257 e. The van der Waals surface area contributed by atoms with Gasteiger partial charge >= 0.3 is 0 Å². The molecular formula is C19H16N4O2S. The Labute approximate surface area is 153 Å². The highest BCUT2D eigenvalue weighted by Gasteiger charge is 2.31. The molecule has 1 atom stereocenters. The number of imidazole rings is 1. The number of thiophene rings is 1. The number of fused-ring (bicyclic) bond motifs is 1. The molecule has 0 spiro atoms. The summed E-state index contributed by atoms with van der Waals surface area (Å²) < 4.78 is 7.24. The number of hydrogen-bond donors (Lipinski definition) is 0. The Hall–Kier alpha value is -2.93. The van der Waals surface area contributed by atoms with Crippen LogP contribution in [-0.4, -0.2) is 38.4 Å². The molecule has 1 fully saturated rings. The van der Waals surface area contributed by atoms with E-state index in [-0.39, 0.29) is 11.9 Å². The predicted octanol–water partition coefficient (Wildman–Crippen LogP) is 3.84. The highest BCUT2D eigenvalue weighted by atomic mass is 32.1. The Balaban J connectivity index is 1.53. The Morgan fingerprint density at radius 2 is 2.27 bits per heavy atom. The normalized spacial score (nSPS) is 17.2. The molecule has 5 heterocycles. The van der Waals surface area contributed by atoms with E-state index in [4.69, 9.17) is 9.40 Å². The quantitative estimate of drug-likeness (QED) is 0.554. The van der Waals surface area contributed by atoms with Gasteiger partial charge in [0.15, 0.2) is 5.65 Å². The minimum Gasteiger partial charge on any atom is -0.472 e. The van der Waals surface area contributed by atoms with Crippen molar-refractivity contribution < 1.29 is 9.21 Å². The van der Waals surface area contributed by atoms with Gasteiger partial charge in [-0.2, -0.15) is 11.3 Å². The van der Waals surface area contributed by atoms with Crippen LogP contribution < -0.4 is 0 Å². The third kappa shape index (κ3) is 2.43. The summed E-state index contributed by atoms with van der Waals surface area (Å²) in [5, 5.41) is 4.15. The summed E-state index contributed by atoms with van der Waals surface area (Å²) in [4.78, 5) is 23.9. The SMILES string of the molecule is O=C(c1ccoc1)N1CC[C@H](n2c(-c3ccsc3)nc3cccnc32)C1. The number of rotatable bonds is 3. The van der Waals surface area contributed by atoms with Crippen LogP contribution in [0.4, 0.5) is 0 Å². The molecule has 7 heteroatoms. The van der Waals surface area contributed by atoms with Crippen LogP contribution >= 0.6 is 11.3 Å². The zero-order valence-corrected chi connectivity index (χ0v) is 14.7. The van der Waals surface area contributed by atoms with Crippen molar-refractivity contribution in [1.29, 1.82) is 0 Å². The van der Waals surface area contributed by atoms with E-state index in [9.17, 15) is 4.79 Å². The number of carbonyl (C=O) groups excluding carboxylic acids is 1. The molecule has 1 aliphatic rings. The molecule has 0 bridgehead atoms. The second-order valence-corrected chi connectivity index (χ2v) is 7.15. The van der Waals surface area contributed by atoms with Crippen molar-refractivity contribution in [2.45, 2.75) is 12.5 Å². The molecule has 0 saturated carbocycles. The van der Waals surface area contributed by atoms with Crippen molar-refractivity contribution >= 4 is 28.4 Å². The zero-order chi connectivity index (χ0) is 17.5. The lowest BCUT2D eigenvalue weighted by Gasteiger charge is -2.18. The molecule has 130 valence electrons. The van der Waals surface area contributed by atoms with Gasteiger partial charge in [0.2, 0.25) is 0 Å². The minimum absolute atomic E-state index is 0.00992.